The number of azo groups is 1. The molecule has 0 aromatic heterocycles. The number of hydrogen-bond donors (Lipinski definition) is 0. The van der Waals surface area contributed by atoms with E-state index in [0.717, 1.165) is 57.1 Å². The van der Waals surface area contributed by atoms with Crippen LogP contribution in [0.25, 0.3) is 0 Å². The van der Waals surface area contributed by atoms with Crippen LogP contribution in [0.1, 0.15) is 75.6 Å². The normalized spacial score (nSPS) is 10.7. The molecule has 0 saturated heterocycles. The zero-order valence-corrected chi connectivity index (χ0v) is 28.5. The summed E-state index contributed by atoms with van der Waals surface area (Å²) in [6.07, 6.45) is 7.25. The summed E-state index contributed by atoms with van der Waals surface area (Å²) in [5, 5.41) is 8.53. The first-order valence-electron chi connectivity index (χ1n) is 16.6. The van der Waals surface area contributed by atoms with E-state index in [2.05, 4.69) is 23.4 Å². The van der Waals surface area contributed by atoms with E-state index in [1.54, 1.807) is 62.4 Å². The molecule has 0 aliphatic rings. The molecule has 0 unspecified atom stereocenters. The van der Waals surface area contributed by atoms with Crippen LogP contribution < -0.4 is 14.2 Å². The van der Waals surface area contributed by atoms with Crippen LogP contribution in [-0.4, -0.2) is 44.3 Å². The van der Waals surface area contributed by atoms with Gasteiger partial charge in [0.2, 0.25) is 0 Å². The van der Waals surface area contributed by atoms with Crippen molar-refractivity contribution in [2.45, 2.75) is 65.2 Å². The Kier molecular flexibility index (Phi) is 16.8. The molecule has 0 atom stereocenters. The molecule has 10 heteroatoms. The standard InChI is InChI=1S/C39H46N2O8/c1-29(2)37(42)47-27-11-7-5-9-25-45-34-19-13-31(14-20-34)39(44)49-36-23-17-33(18-24-36)41-40-32-15-21-35(22-16-32)46-26-10-6-8-12-28-48-38(43)30(3)4/h13-24H,1,3,5-12,25-28H2,2,4H3. The average Bonchev–Trinajstić information content (AvgIpc) is 3.10. The Morgan fingerprint density at radius 2 is 0.878 bits per heavy atom. The van der Waals surface area contributed by atoms with Gasteiger partial charge in [-0.1, -0.05) is 13.2 Å². The molecular weight excluding hydrogens is 624 g/mol. The van der Waals surface area contributed by atoms with Crippen LogP contribution in [0.3, 0.4) is 0 Å². The van der Waals surface area contributed by atoms with Crippen molar-refractivity contribution >= 4 is 29.3 Å². The number of nitrogens with zero attached hydrogens (tertiary/aromatic N) is 2. The lowest BCUT2D eigenvalue weighted by Gasteiger charge is -2.08. The second-order valence-electron chi connectivity index (χ2n) is 11.5. The number of rotatable bonds is 22. The quantitative estimate of drug-likeness (QED) is 0.0341. The summed E-state index contributed by atoms with van der Waals surface area (Å²) in [6, 6.07) is 21.0. The van der Waals surface area contributed by atoms with Gasteiger partial charge in [-0.25, -0.2) is 14.4 Å². The second kappa shape index (κ2) is 21.6. The number of hydrogen-bond acceptors (Lipinski definition) is 10. The topological polar surface area (TPSA) is 122 Å². The minimum Gasteiger partial charge on any atom is -0.494 e. The molecule has 3 aromatic carbocycles. The Balaban J connectivity index is 1.30. The third kappa shape index (κ3) is 15.5. The van der Waals surface area contributed by atoms with E-state index in [0.29, 0.717) is 66.0 Å². The lowest BCUT2D eigenvalue weighted by molar-refractivity contribution is -0.139. The Hall–Kier alpha value is -5.25. The summed E-state index contributed by atoms with van der Waals surface area (Å²) < 4.78 is 27.2. The molecule has 260 valence electrons. The van der Waals surface area contributed by atoms with E-state index in [4.69, 9.17) is 23.7 Å². The number of benzene rings is 3. The van der Waals surface area contributed by atoms with E-state index >= 15 is 0 Å². The second-order valence-corrected chi connectivity index (χ2v) is 11.5. The first-order chi connectivity index (χ1) is 23.7. The summed E-state index contributed by atoms with van der Waals surface area (Å²) in [7, 11) is 0. The Morgan fingerprint density at radius 1 is 0.510 bits per heavy atom. The highest BCUT2D eigenvalue weighted by molar-refractivity contribution is 5.91. The summed E-state index contributed by atoms with van der Waals surface area (Å²) >= 11 is 0. The molecule has 3 rings (SSSR count). The predicted molar refractivity (Wildman–Crippen MR) is 188 cm³/mol. The Morgan fingerprint density at radius 3 is 1.29 bits per heavy atom. The van der Waals surface area contributed by atoms with Gasteiger partial charge in [0.15, 0.2) is 0 Å². The smallest absolute Gasteiger partial charge is 0.343 e. The van der Waals surface area contributed by atoms with Crippen molar-refractivity contribution in [2.75, 3.05) is 26.4 Å². The maximum atomic E-state index is 12.6. The van der Waals surface area contributed by atoms with Crippen LogP contribution in [0.5, 0.6) is 17.2 Å². The molecule has 0 saturated carbocycles. The van der Waals surface area contributed by atoms with Gasteiger partial charge in [0, 0.05) is 11.1 Å². The van der Waals surface area contributed by atoms with Crippen molar-refractivity contribution in [1.82, 2.24) is 0 Å². The van der Waals surface area contributed by atoms with Crippen LogP contribution in [0, 0.1) is 0 Å². The van der Waals surface area contributed by atoms with Crippen LogP contribution >= 0.6 is 0 Å². The molecule has 10 nitrogen and oxygen atoms in total. The first-order valence-corrected chi connectivity index (χ1v) is 16.6. The molecule has 0 radical (unpaired) electrons. The highest BCUT2D eigenvalue weighted by Gasteiger charge is 2.09. The zero-order chi connectivity index (χ0) is 35.3. The third-order valence-corrected chi connectivity index (χ3v) is 7.03. The Bertz CT molecular complexity index is 1530. The molecule has 0 N–H and O–H groups in total. The van der Waals surface area contributed by atoms with E-state index in [-0.39, 0.29) is 11.9 Å². The molecule has 0 bridgehead atoms. The highest BCUT2D eigenvalue weighted by atomic mass is 16.5. The van der Waals surface area contributed by atoms with Crippen LogP contribution in [0.2, 0.25) is 0 Å². The van der Waals surface area contributed by atoms with Crippen molar-refractivity contribution in [3.05, 3.63) is 103 Å². The lowest BCUT2D eigenvalue weighted by atomic mass is 10.2. The van der Waals surface area contributed by atoms with Crippen molar-refractivity contribution in [1.29, 1.82) is 0 Å². The molecule has 0 heterocycles. The summed E-state index contributed by atoms with van der Waals surface area (Å²) in [5.41, 5.74) is 2.53. The lowest BCUT2D eigenvalue weighted by Crippen LogP contribution is -2.08. The van der Waals surface area contributed by atoms with E-state index in [9.17, 15) is 14.4 Å². The van der Waals surface area contributed by atoms with E-state index < -0.39 is 5.97 Å². The minimum absolute atomic E-state index is 0.341. The average molecular weight is 671 g/mol. The fourth-order valence-electron chi connectivity index (χ4n) is 4.23. The molecule has 0 aliphatic carbocycles. The van der Waals surface area contributed by atoms with Crippen molar-refractivity contribution in [3.63, 3.8) is 0 Å². The minimum atomic E-state index is -0.475. The van der Waals surface area contributed by atoms with Gasteiger partial charge in [0.25, 0.3) is 0 Å². The van der Waals surface area contributed by atoms with Crippen molar-refractivity contribution in [2.24, 2.45) is 10.2 Å². The van der Waals surface area contributed by atoms with Gasteiger partial charge in [0.1, 0.15) is 17.2 Å². The van der Waals surface area contributed by atoms with E-state index in [1.165, 1.54) is 0 Å². The molecular formula is C39H46N2O8. The van der Waals surface area contributed by atoms with Gasteiger partial charge in [0.05, 0.1) is 43.4 Å². The van der Waals surface area contributed by atoms with Gasteiger partial charge in [-0.3, -0.25) is 0 Å². The molecule has 0 fully saturated rings. The van der Waals surface area contributed by atoms with Gasteiger partial charge >= 0.3 is 17.9 Å². The molecule has 0 aliphatic heterocycles. The molecule has 0 spiro atoms. The van der Waals surface area contributed by atoms with Gasteiger partial charge in [-0.2, -0.15) is 10.2 Å². The zero-order valence-electron chi connectivity index (χ0n) is 28.5. The van der Waals surface area contributed by atoms with Crippen molar-refractivity contribution < 1.29 is 38.1 Å². The highest BCUT2D eigenvalue weighted by Crippen LogP contribution is 2.24. The molecule has 3 aromatic rings. The summed E-state index contributed by atoms with van der Waals surface area (Å²) in [6.45, 7) is 12.4. The molecule has 0 amide bonds. The van der Waals surface area contributed by atoms with Gasteiger partial charge < -0.3 is 23.7 Å². The summed E-state index contributed by atoms with van der Waals surface area (Å²) in [5.74, 6) is 0.659. The van der Waals surface area contributed by atoms with Crippen LogP contribution in [0.15, 0.2) is 107 Å². The predicted octanol–water partition coefficient (Wildman–Crippen LogP) is 9.44. The largest absolute Gasteiger partial charge is 0.494 e. The fourth-order valence-corrected chi connectivity index (χ4v) is 4.23. The van der Waals surface area contributed by atoms with Gasteiger partial charge in [-0.05, 0) is 138 Å². The van der Waals surface area contributed by atoms with Gasteiger partial charge in [-0.15, -0.1) is 0 Å². The fraction of sp³-hybridized carbons (Fsp3) is 0.359. The number of carbonyl (C=O) groups is 3. The maximum Gasteiger partial charge on any atom is 0.343 e. The molecule has 49 heavy (non-hydrogen) atoms. The maximum absolute atomic E-state index is 12.6. The Labute approximate surface area is 288 Å². The number of ether oxygens (including phenoxy) is 5. The number of carbonyl (C=O) groups excluding carboxylic acids is 3. The van der Waals surface area contributed by atoms with Crippen molar-refractivity contribution in [3.8, 4) is 17.2 Å². The monoisotopic (exact) mass is 670 g/mol. The number of esters is 3. The van der Waals surface area contributed by atoms with Crippen LogP contribution in [-0.2, 0) is 19.1 Å². The summed E-state index contributed by atoms with van der Waals surface area (Å²) in [4.78, 5) is 35.3. The van der Waals surface area contributed by atoms with E-state index in [1.807, 2.05) is 24.3 Å². The first kappa shape index (κ1) is 38.2. The SMILES string of the molecule is C=C(C)C(=O)OCCCCCCOc1ccc(N=Nc2ccc(OC(=O)c3ccc(OCCCCCCOC(=O)C(=C)C)cc3)cc2)cc1. The number of unbranched alkanes of at least 4 members (excludes halogenated alkanes) is 6. The third-order valence-electron chi connectivity index (χ3n) is 7.03. The van der Waals surface area contributed by atoms with Crippen LogP contribution in [0.4, 0.5) is 11.4 Å².